The summed E-state index contributed by atoms with van der Waals surface area (Å²) in [7, 11) is 1.37. The molecule has 90 valence electrons. The van der Waals surface area contributed by atoms with E-state index in [1.807, 2.05) is 19.2 Å². The summed E-state index contributed by atoms with van der Waals surface area (Å²) in [5.74, 6) is -0.283. The number of carbonyl (C=O) groups excluding carboxylic acids is 1. The number of nitrogens with zero attached hydrogens (tertiary/aromatic N) is 3. The zero-order valence-corrected chi connectivity index (χ0v) is 9.80. The van der Waals surface area contributed by atoms with E-state index in [1.54, 1.807) is 10.7 Å². The Hall–Kier alpha value is -1.95. The molecule has 2 rings (SSSR count). The van der Waals surface area contributed by atoms with Crippen LogP contribution in [0.15, 0.2) is 18.5 Å². The van der Waals surface area contributed by atoms with Gasteiger partial charge in [0.15, 0.2) is 5.65 Å². The highest BCUT2D eigenvalue weighted by Crippen LogP contribution is 2.04. The van der Waals surface area contributed by atoms with Gasteiger partial charge in [-0.25, -0.2) is 9.50 Å². The molecule has 0 atom stereocenters. The molecule has 6 heteroatoms. The van der Waals surface area contributed by atoms with Gasteiger partial charge < -0.3 is 10.1 Å². The molecule has 0 saturated heterocycles. The molecule has 0 radical (unpaired) electrons. The van der Waals surface area contributed by atoms with Gasteiger partial charge in [0, 0.05) is 30.6 Å². The number of ether oxygens (including phenoxy) is 1. The Balaban J connectivity index is 2.01. The second-order valence-electron chi connectivity index (χ2n) is 3.73. The first kappa shape index (κ1) is 11.5. The van der Waals surface area contributed by atoms with Crippen molar-refractivity contribution >= 4 is 11.6 Å². The number of aryl methyl sites for hydroxylation is 1. The molecule has 0 aliphatic rings. The van der Waals surface area contributed by atoms with Crippen LogP contribution in [-0.2, 0) is 16.1 Å². The molecule has 0 unspecified atom stereocenters. The largest absolute Gasteiger partial charge is 0.468 e. The van der Waals surface area contributed by atoms with Crippen molar-refractivity contribution in [2.75, 3.05) is 13.7 Å². The van der Waals surface area contributed by atoms with Gasteiger partial charge in [0.2, 0.25) is 0 Å². The Morgan fingerprint density at radius 2 is 2.41 bits per heavy atom. The number of aromatic nitrogens is 3. The summed E-state index contributed by atoms with van der Waals surface area (Å²) in [6.45, 7) is 2.66. The van der Waals surface area contributed by atoms with Crippen LogP contribution >= 0.6 is 0 Å². The molecule has 6 nitrogen and oxygen atoms in total. The maximum atomic E-state index is 10.9. The van der Waals surface area contributed by atoms with Crippen LogP contribution in [0.5, 0.6) is 0 Å². The molecule has 0 aliphatic heterocycles. The number of hydrogen-bond acceptors (Lipinski definition) is 5. The van der Waals surface area contributed by atoms with Gasteiger partial charge in [0.1, 0.15) is 0 Å². The van der Waals surface area contributed by atoms with E-state index in [1.165, 1.54) is 7.11 Å². The van der Waals surface area contributed by atoms with Crippen molar-refractivity contribution in [1.82, 2.24) is 19.9 Å². The van der Waals surface area contributed by atoms with E-state index >= 15 is 0 Å². The average molecular weight is 234 g/mol. The van der Waals surface area contributed by atoms with Gasteiger partial charge in [0.05, 0.1) is 19.3 Å². The topological polar surface area (TPSA) is 68.5 Å². The SMILES string of the molecule is COC(=O)CNCc1cnc2cc(C)nn2c1. The van der Waals surface area contributed by atoms with Crippen molar-refractivity contribution in [2.24, 2.45) is 0 Å². The van der Waals surface area contributed by atoms with Crippen molar-refractivity contribution in [3.8, 4) is 0 Å². The highest BCUT2D eigenvalue weighted by Gasteiger charge is 2.02. The first-order chi connectivity index (χ1) is 8.19. The second kappa shape index (κ2) is 4.92. The Bertz CT molecular complexity index is 535. The van der Waals surface area contributed by atoms with Crippen molar-refractivity contribution in [3.05, 3.63) is 29.7 Å². The van der Waals surface area contributed by atoms with E-state index in [9.17, 15) is 4.79 Å². The lowest BCUT2D eigenvalue weighted by Crippen LogP contribution is -2.23. The van der Waals surface area contributed by atoms with Gasteiger partial charge in [-0.2, -0.15) is 5.10 Å². The summed E-state index contributed by atoms with van der Waals surface area (Å²) < 4.78 is 6.25. The first-order valence-electron chi connectivity index (χ1n) is 5.27. The molecular formula is C11H14N4O2. The lowest BCUT2D eigenvalue weighted by Gasteiger charge is -2.03. The minimum Gasteiger partial charge on any atom is -0.468 e. The van der Waals surface area contributed by atoms with Crippen LogP contribution < -0.4 is 5.32 Å². The zero-order valence-electron chi connectivity index (χ0n) is 9.80. The maximum Gasteiger partial charge on any atom is 0.319 e. The van der Waals surface area contributed by atoms with Gasteiger partial charge in [-0.05, 0) is 6.92 Å². The maximum absolute atomic E-state index is 10.9. The summed E-state index contributed by atoms with van der Waals surface area (Å²) in [6, 6.07) is 1.91. The normalized spacial score (nSPS) is 10.7. The van der Waals surface area contributed by atoms with Crippen molar-refractivity contribution < 1.29 is 9.53 Å². The summed E-state index contributed by atoms with van der Waals surface area (Å²) >= 11 is 0. The second-order valence-corrected chi connectivity index (χ2v) is 3.73. The molecule has 0 amide bonds. The number of esters is 1. The fourth-order valence-electron chi connectivity index (χ4n) is 1.51. The Morgan fingerprint density at radius 1 is 1.59 bits per heavy atom. The molecule has 0 saturated carbocycles. The molecule has 17 heavy (non-hydrogen) atoms. The number of carbonyl (C=O) groups is 1. The fourth-order valence-corrected chi connectivity index (χ4v) is 1.51. The summed E-state index contributed by atoms with van der Waals surface area (Å²) in [4.78, 5) is 15.2. The van der Waals surface area contributed by atoms with E-state index in [4.69, 9.17) is 0 Å². The first-order valence-corrected chi connectivity index (χ1v) is 5.27. The Labute approximate surface area is 98.6 Å². The zero-order chi connectivity index (χ0) is 12.3. The number of rotatable bonds is 4. The lowest BCUT2D eigenvalue weighted by atomic mass is 10.3. The summed E-state index contributed by atoms with van der Waals surface area (Å²) in [5.41, 5.74) is 2.71. The predicted molar refractivity (Wildman–Crippen MR) is 61.4 cm³/mol. The third-order valence-corrected chi connectivity index (χ3v) is 2.32. The van der Waals surface area contributed by atoms with Crippen molar-refractivity contribution in [1.29, 1.82) is 0 Å². The highest BCUT2D eigenvalue weighted by molar-refractivity contribution is 5.71. The minimum atomic E-state index is -0.283. The molecule has 0 bridgehead atoms. The number of nitrogens with one attached hydrogen (secondary N) is 1. The molecule has 0 aliphatic carbocycles. The molecule has 1 N–H and O–H groups in total. The monoisotopic (exact) mass is 234 g/mol. The molecule has 2 aromatic rings. The third kappa shape index (κ3) is 2.79. The Morgan fingerprint density at radius 3 is 3.18 bits per heavy atom. The molecule has 0 fully saturated rings. The van der Waals surface area contributed by atoms with Gasteiger partial charge >= 0.3 is 5.97 Å². The van der Waals surface area contributed by atoms with Crippen LogP contribution in [0.4, 0.5) is 0 Å². The molecule has 2 heterocycles. The summed E-state index contributed by atoms with van der Waals surface area (Å²) in [6.07, 6.45) is 3.65. The predicted octanol–water partition coefficient (Wildman–Crippen LogP) is 0.300. The van der Waals surface area contributed by atoms with Gasteiger partial charge in [-0.1, -0.05) is 0 Å². The fraction of sp³-hybridized carbons (Fsp3) is 0.364. The van der Waals surface area contributed by atoms with Crippen molar-refractivity contribution in [3.63, 3.8) is 0 Å². The van der Waals surface area contributed by atoms with E-state index < -0.39 is 0 Å². The molecular weight excluding hydrogens is 220 g/mol. The average Bonchev–Trinajstić information content (AvgIpc) is 2.68. The van der Waals surface area contributed by atoms with Crippen LogP contribution in [-0.4, -0.2) is 34.2 Å². The van der Waals surface area contributed by atoms with E-state index in [0.717, 1.165) is 16.9 Å². The standard InChI is InChI=1S/C11H14N4O2/c1-8-3-10-13-5-9(7-15(10)14-8)4-12-6-11(16)17-2/h3,5,7,12H,4,6H2,1-2H3. The van der Waals surface area contributed by atoms with Gasteiger partial charge in [-0.15, -0.1) is 0 Å². The van der Waals surface area contributed by atoms with E-state index in [2.05, 4.69) is 20.1 Å². The number of hydrogen-bond donors (Lipinski definition) is 1. The van der Waals surface area contributed by atoms with E-state index in [0.29, 0.717) is 6.54 Å². The van der Waals surface area contributed by atoms with Crippen molar-refractivity contribution in [2.45, 2.75) is 13.5 Å². The Kier molecular flexibility index (Phi) is 3.34. The summed E-state index contributed by atoms with van der Waals surface area (Å²) in [5, 5.41) is 7.24. The van der Waals surface area contributed by atoms with Crippen LogP contribution in [0, 0.1) is 6.92 Å². The van der Waals surface area contributed by atoms with Crippen LogP contribution in [0.1, 0.15) is 11.3 Å². The van der Waals surface area contributed by atoms with E-state index in [-0.39, 0.29) is 12.5 Å². The van der Waals surface area contributed by atoms with Gasteiger partial charge in [-0.3, -0.25) is 4.79 Å². The van der Waals surface area contributed by atoms with Crippen LogP contribution in [0.2, 0.25) is 0 Å². The van der Waals surface area contributed by atoms with Crippen LogP contribution in [0.3, 0.4) is 0 Å². The highest BCUT2D eigenvalue weighted by atomic mass is 16.5. The molecule has 0 spiro atoms. The quantitative estimate of drug-likeness (QED) is 0.771. The van der Waals surface area contributed by atoms with Gasteiger partial charge in [0.25, 0.3) is 0 Å². The smallest absolute Gasteiger partial charge is 0.319 e. The number of fused-ring (bicyclic) bond motifs is 1. The lowest BCUT2D eigenvalue weighted by molar-refractivity contribution is -0.139. The third-order valence-electron chi connectivity index (χ3n) is 2.32. The number of methoxy groups -OCH3 is 1. The molecule has 2 aromatic heterocycles. The minimum absolute atomic E-state index is 0.187. The molecule has 0 aromatic carbocycles. The van der Waals surface area contributed by atoms with Crippen LogP contribution in [0.25, 0.3) is 5.65 Å².